The summed E-state index contributed by atoms with van der Waals surface area (Å²) in [4.78, 5) is 0. The maximum atomic E-state index is 10.2. The van der Waals surface area contributed by atoms with Crippen molar-refractivity contribution in [3.05, 3.63) is 36.4 Å². The minimum atomic E-state index is -0.655. The van der Waals surface area contributed by atoms with Crippen LogP contribution in [-0.2, 0) is 0 Å². The summed E-state index contributed by atoms with van der Waals surface area (Å²) in [5.74, 6) is 1.35. The van der Waals surface area contributed by atoms with Crippen LogP contribution in [-0.4, -0.2) is 31.9 Å². The largest absolute Gasteiger partial charge is 0.497 e. The van der Waals surface area contributed by atoms with Crippen LogP contribution < -0.4 is 14.8 Å². The van der Waals surface area contributed by atoms with Crippen LogP contribution in [0, 0.1) is 0 Å². The Morgan fingerprint density at radius 3 is 2.67 bits per heavy atom. The van der Waals surface area contributed by atoms with E-state index in [9.17, 15) is 5.11 Å². The zero-order valence-corrected chi connectivity index (χ0v) is 11.1. The van der Waals surface area contributed by atoms with Gasteiger partial charge in [-0.3, -0.25) is 0 Å². The number of benzene rings is 1. The molecule has 0 aliphatic heterocycles. The van der Waals surface area contributed by atoms with Crippen molar-refractivity contribution >= 4 is 0 Å². The van der Waals surface area contributed by atoms with E-state index in [4.69, 9.17) is 9.47 Å². The van der Waals surface area contributed by atoms with Gasteiger partial charge in [0.25, 0.3) is 0 Å². The zero-order valence-electron chi connectivity index (χ0n) is 11.1. The quantitative estimate of drug-likeness (QED) is 0.727. The second-order valence-electron chi connectivity index (χ2n) is 4.06. The van der Waals surface area contributed by atoms with Crippen molar-refractivity contribution in [2.75, 3.05) is 20.8 Å². The number of hydrogen-bond acceptors (Lipinski definition) is 4. The van der Waals surface area contributed by atoms with Gasteiger partial charge in [-0.2, -0.15) is 0 Å². The Hall–Kier alpha value is -1.52. The first-order valence-electron chi connectivity index (χ1n) is 5.88. The van der Waals surface area contributed by atoms with Crippen molar-refractivity contribution in [2.45, 2.75) is 19.1 Å². The van der Waals surface area contributed by atoms with Gasteiger partial charge in [-0.05, 0) is 25.1 Å². The smallest absolute Gasteiger partial charge is 0.124 e. The van der Waals surface area contributed by atoms with Gasteiger partial charge in [-0.1, -0.05) is 6.08 Å². The summed E-state index contributed by atoms with van der Waals surface area (Å²) in [5.41, 5.74) is 0.709. The monoisotopic (exact) mass is 251 g/mol. The summed E-state index contributed by atoms with van der Waals surface area (Å²) >= 11 is 0. The van der Waals surface area contributed by atoms with Crippen molar-refractivity contribution in [1.82, 2.24) is 5.32 Å². The fraction of sp³-hybridized carbons (Fsp3) is 0.429. The van der Waals surface area contributed by atoms with Crippen LogP contribution in [0.5, 0.6) is 11.5 Å². The minimum Gasteiger partial charge on any atom is -0.497 e. The lowest BCUT2D eigenvalue weighted by Crippen LogP contribution is -2.28. The molecule has 1 aromatic rings. The van der Waals surface area contributed by atoms with Crippen molar-refractivity contribution in [2.24, 2.45) is 0 Å². The summed E-state index contributed by atoms with van der Waals surface area (Å²) in [5, 5.41) is 13.3. The number of rotatable bonds is 7. The molecular formula is C14H21NO3. The van der Waals surface area contributed by atoms with Gasteiger partial charge in [0.2, 0.25) is 0 Å². The van der Waals surface area contributed by atoms with E-state index in [1.165, 1.54) is 0 Å². The molecule has 0 radical (unpaired) electrons. The van der Waals surface area contributed by atoms with E-state index in [0.717, 1.165) is 0 Å². The molecule has 18 heavy (non-hydrogen) atoms. The molecule has 4 nitrogen and oxygen atoms in total. The van der Waals surface area contributed by atoms with E-state index in [2.05, 4.69) is 11.9 Å². The van der Waals surface area contributed by atoms with Crippen LogP contribution in [0.15, 0.2) is 30.9 Å². The van der Waals surface area contributed by atoms with Gasteiger partial charge in [-0.15, -0.1) is 6.58 Å². The average Bonchev–Trinajstić information content (AvgIpc) is 2.43. The first-order valence-corrected chi connectivity index (χ1v) is 5.88. The van der Waals surface area contributed by atoms with Gasteiger partial charge >= 0.3 is 0 Å². The molecule has 1 aromatic carbocycles. The van der Waals surface area contributed by atoms with Gasteiger partial charge in [0.15, 0.2) is 0 Å². The van der Waals surface area contributed by atoms with Crippen LogP contribution in [0.4, 0.5) is 0 Å². The lowest BCUT2D eigenvalue weighted by molar-refractivity contribution is 0.168. The Morgan fingerprint density at radius 1 is 1.39 bits per heavy atom. The first-order chi connectivity index (χ1) is 8.62. The molecular weight excluding hydrogens is 230 g/mol. The second-order valence-corrected chi connectivity index (χ2v) is 4.06. The molecule has 2 N–H and O–H groups in total. The van der Waals surface area contributed by atoms with Gasteiger partial charge in [0.1, 0.15) is 11.5 Å². The number of aliphatic hydroxyl groups is 1. The average molecular weight is 251 g/mol. The number of ether oxygens (including phenoxy) is 2. The van der Waals surface area contributed by atoms with Crippen LogP contribution in [0.1, 0.15) is 18.6 Å². The molecule has 100 valence electrons. The standard InChI is InChI=1S/C14H21NO3/c1-5-10(2)15-9-13(16)12-8-11(17-3)6-7-14(12)18-4/h5-8,10,13,15-16H,1,9H2,2-4H3. The third kappa shape index (κ3) is 3.75. The minimum absolute atomic E-state index is 0.149. The summed E-state index contributed by atoms with van der Waals surface area (Å²) in [7, 11) is 3.17. The van der Waals surface area contributed by atoms with E-state index in [-0.39, 0.29) is 6.04 Å². The van der Waals surface area contributed by atoms with Crippen molar-refractivity contribution in [3.8, 4) is 11.5 Å². The molecule has 0 amide bonds. The highest BCUT2D eigenvalue weighted by Crippen LogP contribution is 2.29. The second kappa shape index (κ2) is 7.03. The van der Waals surface area contributed by atoms with Gasteiger partial charge in [0.05, 0.1) is 20.3 Å². The van der Waals surface area contributed by atoms with Gasteiger partial charge in [-0.25, -0.2) is 0 Å². The SMILES string of the molecule is C=CC(C)NCC(O)c1cc(OC)ccc1OC. The van der Waals surface area contributed by atoms with Crippen molar-refractivity contribution in [1.29, 1.82) is 0 Å². The molecule has 0 aliphatic carbocycles. The highest BCUT2D eigenvalue weighted by atomic mass is 16.5. The summed E-state index contributed by atoms with van der Waals surface area (Å²) in [6.07, 6.45) is 1.13. The highest BCUT2D eigenvalue weighted by Gasteiger charge is 2.14. The molecule has 2 atom stereocenters. The summed E-state index contributed by atoms with van der Waals surface area (Å²) in [6.45, 7) is 6.09. The van der Waals surface area contributed by atoms with Gasteiger partial charge < -0.3 is 19.9 Å². The van der Waals surface area contributed by atoms with Crippen LogP contribution in [0.25, 0.3) is 0 Å². The molecule has 4 heteroatoms. The maximum absolute atomic E-state index is 10.2. The molecule has 0 fully saturated rings. The number of methoxy groups -OCH3 is 2. The zero-order chi connectivity index (χ0) is 13.5. The fourth-order valence-corrected chi connectivity index (χ4v) is 1.59. The van der Waals surface area contributed by atoms with Crippen molar-refractivity contribution in [3.63, 3.8) is 0 Å². The maximum Gasteiger partial charge on any atom is 0.124 e. The lowest BCUT2D eigenvalue weighted by Gasteiger charge is -2.18. The fourth-order valence-electron chi connectivity index (χ4n) is 1.59. The van der Waals surface area contributed by atoms with Gasteiger partial charge in [0, 0.05) is 18.2 Å². The number of nitrogens with one attached hydrogen (secondary N) is 1. The molecule has 2 unspecified atom stereocenters. The molecule has 1 rings (SSSR count). The Morgan fingerprint density at radius 2 is 2.11 bits per heavy atom. The Balaban J connectivity index is 2.81. The van der Waals surface area contributed by atoms with Crippen LogP contribution in [0.3, 0.4) is 0 Å². The lowest BCUT2D eigenvalue weighted by atomic mass is 10.1. The Bertz CT molecular complexity index is 393. The molecule has 0 saturated heterocycles. The Labute approximate surface area is 108 Å². The van der Waals surface area contributed by atoms with E-state index < -0.39 is 6.10 Å². The van der Waals surface area contributed by atoms with E-state index >= 15 is 0 Å². The predicted octanol–water partition coefficient (Wildman–Crippen LogP) is 1.90. The number of aliphatic hydroxyl groups excluding tert-OH is 1. The molecule has 0 heterocycles. The van der Waals surface area contributed by atoms with E-state index in [1.807, 2.05) is 6.92 Å². The molecule has 0 bridgehead atoms. The van der Waals surface area contributed by atoms with E-state index in [0.29, 0.717) is 23.6 Å². The summed E-state index contributed by atoms with van der Waals surface area (Å²) in [6, 6.07) is 5.52. The Kier molecular flexibility index (Phi) is 5.68. The first kappa shape index (κ1) is 14.5. The van der Waals surface area contributed by atoms with Crippen LogP contribution >= 0.6 is 0 Å². The normalized spacial score (nSPS) is 13.8. The summed E-state index contributed by atoms with van der Waals surface area (Å²) < 4.78 is 10.4. The number of hydrogen-bond donors (Lipinski definition) is 2. The van der Waals surface area contributed by atoms with E-state index in [1.54, 1.807) is 38.5 Å². The van der Waals surface area contributed by atoms with Crippen molar-refractivity contribution < 1.29 is 14.6 Å². The molecule has 0 aromatic heterocycles. The third-order valence-corrected chi connectivity index (χ3v) is 2.78. The molecule has 0 saturated carbocycles. The molecule has 0 aliphatic rings. The topological polar surface area (TPSA) is 50.7 Å². The molecule has 0 spiro atoms. The third-order valence-electron chi connectivity index (χ3n) is 2.78. The predicted molar refractivity (Wildman–Crippen MR) is 72.2 cm³/mol. The van der Waals surface area contributed by atoms with Crippen LogP contribution in [0.2, 0.25) is 0 Å². The highest BCUT2D eigenvalue weighted by molar-refractivity contribution is 5.41.